The average Bonchev–Trinajstić information content (AvgIpc) is 3.48. The van der Waals surface area contributed by atoms with E-state index >= 15 is 0 Å². The molecule has 0 aliphatic carbocycles. The summed E-state index contributed by atoms with van der Waals surface area (Å²) in [7, 11) is 2.10. The van der Waals surface area contributed by atoms with Gasteiger partial charge in [-0.1, -0.05) is 6.42 Å². The van der Waals surface area contributed by atoms with Gasteiger partial charge in [-0.15, -0.1) is 0 Å². The fourth-order valence-electron chi connectivity index (χ4n) is 4.42. The zero-order valence-electron chi connectivity index (χ0n) is 18.9. The van der Waals surface area contributed by atoms with Gasteiger partial charge in [-0.25, -0.2) is 15.0 Å². The number of fused-ring (bicyclic) bond motifs is 1. The number of aromatic nitrogens is 5. The van der Waals surface area contributed by atoms with Crippen LogP contribution in [0.1, 0.15) is 35.4 Å². The third-order valence-electron chi connectivity index (χ3n) is 6.37. The van der Waals surface area contributed by atoms with Crippen molar-refractivity contribution in [2.24, 2.45) is 0 Å². The van der Waals surface area contributed by atoms with Crippen LogP contribution in [-0.2, 0) is 0 Å². The van der Waals surface area contributed by atoms with E-state index in [4.69, 9.17) is 10.7 Å². The summed E-state index contributed by atoms with van der Waals surface area (Å²) < 4.78 is 1.99. The third kappa shape index (κ3) is 4.07. The van der Waals surface area contributed by atoms with Crippen LogP contribution in [0.25, 0.3) is 28.3 Å². The molecule has 9 nitrogen and oxygen atoms in total. The zero-order valence-corrected chi connectivity index (χ0v) is 18.9. The Labute approximate surface area is 192 Å². The molecule has 0 bridgehead atoms. The lowest BCUT2D eigenvalue weighted by Gasteiger charge is -2.32. The van der Waals surface area contributed by atoms with Crippen molar-refractivity contribution in [3.05, 3.63) is 54.2 Å². The first kappa shape index (κ1) is 21.1. The van der Waals surface area contributed by atoms with Gasteiger partial charge in [0.15, 0.2) is 11.5 Å². The second-order valence-electron chi connectivity index (χ2n) is 8.62. The Morgan fingerprint density at radius 3 is 2.91 bits per heavy atom. The van der Waals surface area contributed by atoms with Gasteiger partial charge in [0.25, 0.3) is 5.91 Å². The SMILES string of the molecule is Cc1cnc2ccc(-c3nc(C(=O)NCC4CCCCN4C)c(N)nc3-c3ccc[nH]3)cn12. The molecule has 0 aromatic carbocycles. The fourth-order valence-corrected chi connectivity index (χ4v) is 4.42. The molecule has 5 rings (SSSR count). The Hall–Kier alpha value is -3.72. The largest absolute Gasteiger partial charge is 0.382 e. The molecule has 4 N–H and O–H groups in total. The molecule has 1 aliphatic rings. The summed E-state index contributed by atoms with van der Waals surface area (Å²) in [5, 5.41) is 3.02. The number of hydrogen-bond donors (Lipinski definition) is 3. The van der Waals surface area contributed by atoms with E-state index in [1.807, 2.05) is 54.2 Å². The van der Waals surface area contributed by atoms with Crippen LogP contribution in [0.15, 0.2) is 42.9 Å². The maximum atomic E-state index is 13.1. The molecule has 1 fully saturated rings. The van der Waals surface area contributed by atoms with Crippen LogP contribution in [0.2, 0.25) is 0 Å². The first-order valence-corrected chi connectivity index (χ1v) is 11.2. The van der Waals surface area contributed by atoms with Gasteiger partial charge in [0.05, 0.1) is 5.69 Å². The number of pyridine rings is 1. The second kappa shape index (κ2) is 8.67. The number of carbonyl (C=O) groups excluding carboxylic acids is 1. The number of nitrogen functional groups attached to an aromatic ring is 1. The van der Waals surface area contributed by atoms with Crippen LogP contribution in [0, 0.1) is 6.92 Å². The summed E-state index contributed by atoms with van der Waals surface area (Å²) >= 11 is 0. The number of likely N-dealkylation sites (tertiary alicyclic amines) is 1. The van der Waals surface area contributed by atoms with Crippen LogP contribution >= 0.6 is 0 Å². The number of nitrogens with one attached hydrogen (secondary N) is 2. The van der Waals surface area contributed by atoms with Crippen molar-refractivity contribution in [2.75, 3.05) is 25.9 Å². The van der Waals surface area contributed by atoms with Gasteiger partial charge in [0.2, 0.25) is 0 Å². The van der Waals surface area contributed by atoms with Gasteiger partial charge >= 0.3 is 0 Å². The molecule has 1 atom stereocenters. The molecule has 0 radical (unpaired) electrons. The number of nitrogens with two attached hydrogens (primary N) is 1. The van der Waals surface area contributed by atoms with Gasteiger partial charge < -0.3 is 25.3 Å². The van der Waals surface area contributed by atoms with E-state index in [0.29, 0.717) is 24.0 Å². The molecule has 33 heavy (non-hydrogen) atoms. The van der Waals surface area contributed by atoms with E-state index in [-0.39, 0.29) is 17.4 Å². The highest BCUT2D eigenvalue weighted by molar-refractivity contribution is 5.98. The number of H-pyrrole nitrogens is 1. The zero-order chi connectivity index (χ0) is 22.9. The Kier molecular flexibility index (Phi) is 5.55. The van der Waals surface area contributed by atoms with Crippen LogP contribution in [-0.4, -0.2) is 61.3 Å². The van der Waals surface area contributed by atoms with Gasteiger partial charge in [0, 0.05) is 42.4 Å². The highest BCUT2D eigenvalue weighted by Crippen LogP contribution is 2.30. The Bertz CT molecular complexity index is 1290. The maximum absolute atomic E-state index is 13.1. The minimum absolute atomic E-state index is 0.109. The minimum Gasteiger partial charge on any atom is -0.382 e. The quantitative estimate of drug-likeness (QED) is 0.436. The second-order valence-corrected chi connectivity index (χ2v) is 8.62. The van der Waals surface area contributed by atoms with E-state index in [0.717, 1.165) is 35.6 Å². The van der Waals surface area contributed by atoms with Crippen LogP contribution in [0.5, 0.6) is 0 Å². The van der Waals surface area contributed by atoms with Crippen molar-refractivity contribution < 1.29 is 4.79 Å². The van der Waals surface area contributed by atoms with Crippen LogP contribution < -0.4 is 11.1 Å². The molecule has 1 amide bonds. The normalized spacial score (nSPS) is 16.8. The number of aryl methyl sites for hydroxylation is 1. The lowest BCUT2D eigenvalue weighted by molar-refractivity contribution is 0.0924. The van der Waals surface area contributed by atoms with E-state index in [1.165, 1.54) is 12.8 Å². The summed E-state index contributed by atoms with van der Waals surface area (Å²) in [6.45, 7) is 3.60. The van der Waals surface area contributed by atoms with E-state index < -0.39 is 0 Å². The standard InChI is InChI=1S/C24H28N8O/c1-15-12-27-19-9-8-16(14-32(15)19)20-21(18-7-5-10-26-18)30-23(25)22(29-20)24(33)28-13-17-6-3-4-11-31(17)2/h5,7-10,12,14,17,26H,3-4,6,11,13H2,1-2H3,(H2,25,30)(H,28,33). The highest BCUT2D eigenvalue weighted by Gasteiger charge is 2.23. The smallest absolute Gasteiger partial charge is 0.273 e. The number of likely N-dealkylation sites (N-methyl/N-ethyl adjacent to an activating group) is 1. The lowest BCUT2D eigenvalue weighted by atomic mass is 10.0. The number of piperidine rings is 1. The number of imidazole rings is 1. The average molecular weight is 445 g/mol. The molecule has 4 aromatic heterocycles. The van der Waals surface area contributed by atoms with Gasteiger partial charge in [-0.05, 0) is 57.6 Å². The molecule has 1 aliphatic heterocycles. The Morgan fingerprint density at radius 1 is 1.24 bits per heavy atom. The van der Waals surface area contributed by atoms with Crippen molar-refractivity contribution >= 4 is 17.4 Å². The highest BCUT2D eigenvalue weighted by atomic mass is 16.1. The summed E-state index contributed by atoms with van der Waals surface area (Å²) in [6, 6.07) is 7.99. The van der Waals surface area contributed by atoms with E-state index in [2.05, 4.69) is 32.2 Å². The molecule has 170 valence electrons. The first-order valence-electron chi connectivity index (χ1n) is 11.2. The number of amides is 1. The van der Waals surface area contributed by atoms with Crippen molar-refractivity contribution in [2.45, 2.75) is 32.2 Å². The van der Waals surface area contributed by atoms with E-state index in [1.54, 1.807) is 0 Å². The fraction of sp³-hybridized carbons (Fsp3) is 0.333. The molecule has 1 unspecified atom stereocenters. The predicted octanol–water partition coefficient (Wildman–Crippen LogP) is 2.89. The Balaban J connectivity index is 1.52. The molecular formula is C24H28N8O. The molecule has 5 heterocycles. The summed E-state index contributed by atoms with van der Waals surface area (Å²) in [6.07, 6.45) is 9.05. The molecule has 0 spiro atoms. The minimum atomic E-state index is -0.307. The van der Waals surface area contributed by atoms with Crippen molar-refractivity contribution in [1.29, 1.82) is 0 Å². The molecular weight excluding hydrogens is 416 g/mol. The van der Waals surface area contributed by atoms with Gasteiger partial charge in [-0.2, -0.15) is 0 Å². The van der Waals surface area contributed by atoms with Crippen molar-refractivity contribution in [1.82, 2.24) is 34.6 Å². The first-order chi connectivity index (χ1) is 16.0. The number of anilines is 1. The summed E-state index contributed by atoms with van der Waals surface area (Å²) in [5.74, 6) is -0.198. The van der Waals surface area contributed by atoms with Crippen LogP contribution in [0.4, 0.5) is 5.82 Å². The summed E-state index contributed by atoms with van der Waals surface area (Å²) in [5.41, 5.74) is 11.0. The number of aromatic amines is 1. The van der Waals surface area contributed by atoms with E-state index in [9.17, 15) is 4.79 Å². The number of rotatable bonds is 5. The maximum Gasteiger partial charge on any atom is 0.273 e. The van der Waals surface area contributed by atoms with Gasteiger partial charge in [-0.3, -0.25) is 4.79 Å². The van der Waals surface area contributed by atoms with Crippen molar-refractivity contribution in [3.63, 3.8) is 0 Å². The lowest BCUT2D eigenvalue weighted by Crippen LogP contribution is -2.44. The molecule has 0 saturated carbocycles. The topological polar surface area (TPSA) is 117 Å². The van der Waals surface area contributed by atoms with Crippen LogP contribution in [0.3, 0.4) is 0 Å². The number of hydrogen-bond acceptors (Lipinski definition) is 6. The Morgan fingerprint density at radius 2 is 2.12 bits per heavy atom. The predicted molar refractivity (Wildman–Crippen MR) is 128 cm³/mol. The monoisotopic (exact) mass is 444 g/mol. The molecule has 9 heteroatoms. The number of nitrogens with zero attached hydrogens (tertiary/aromatic N) is 5. The third-order valence-corrected chi connectivity index (χ3v) is 6.37. The molecule has 4 aromatic rings. The molecule has 1 saturated heterocycles. The number of carbonyl (C=O) groups is 1. The summed E-state index contributed by atoms with van der Waals surface area (Å²) in [4.78, 5) is 32.3. The van der Waals surface area contributed by atoms with Gasteiger partial charge in [0.1, 0.15) is 17.0 Å². The van der Waals surface area contributed by atoms with Crippen molar-refractivity contribution in [3.8, 4) is 22.6 Å².